The Morgan fingerprint density at radius 3 is 1.37 bits per heavy atom. The Labute approximate surface area is 358 Å². The minimum absolute atomic E-state index is 0.604. The van der Waals surface area contributed by atoms with E-state index >= 15 is 0 Å². The number of para-hydroxylation sites is 5. The van der Waals surface area contributed by atoms with Gasteiger partial charge in [-0.2, -0.15) is 0 Å². The van der Waals surface area contributed by atoms with Gasteiger partial charge in [-0.25, -0.2) is 15.0 Å². The maximum absolute atomic E-state index is 5.40. The standard InChI is InChI=1S/C57H37N5/c1-4-17-38(18-5-1)39-19-14-20-40(35-39)41-21-15-22-42(36-41)55-58-56(43-33-34-48-46-27-10-12-31-51(46)61(53(48)37-43)44-23-6-2-7-24-44)60-57(59-55)50-30-16-29-49-47-28-11-13-32-52(47)62(54(49)50)45-25-8-3-9-26-45/h1-37H. The Bertz CT molecular complexity index is 3620. The van der Waals surface area contributed by atoms with Crippen LogP contribution in [0.1, 0.15) is 0 Å². The van der Waals surface area contributed by atoms with Crippen molar-refractivity contribution in [1.82, 2.24) is 24.1 Å². The molecule has 0 aliphatic carbocycles. The first kappa shape index (κ1) is 35.5. The highest BCUT2D eigenvalue weighted by Crippen LogP contribution is 2.39. The lowest BCUT2D eigenvalue weighted by atomic mass is 9.98. The highest BCUT2D eigenvalue weighted by molar-refractivity contribution is 6.13. The first-order chi connectivity index (χ1) is 30.7. The van der Waals surface area contributed by atoms with Crippen LogP contribution in [0, 0.1) is 0 Å². The zero-order chi connectivity index (χ0) is 41.0. The molecule has 0 bridgehead atoms. The van der Waals surface area contributed by atoms with E-state index in [-0.39, 0.29) is 0 Å². The van der Waals surface area contributed by atoms with Crippen molar-refractivity contribution in [2.45, 2.75) is 0 Å². The molecule has 290 valence electrons. The molecule has 3 aromatic heterocycles. The van der Waals surface area contributed by atoms with Crippen molar-refractivity contribution in [2.75, 3.05) is 0 Å². The second-order valence-corrected chi connectivity index (χ2v) is 15.6. The Kier molecular flexibility index (Phi) is 8.42. The zero-order valence-electron chi connectivity index (χ0n) is 33.6. The van der Waals surface area contributed by atoms with Crippen molar-refractivity contribution < 1.29 is 0 Å². The summed E-state index contributed by atoms with van der Waals surface area (Å²) in [5, 5.41) is 4.68. The molecule has 0 saturated heterocycles. The van der Waals surface area contributed by atoms with Gasteiger partial charge in [-0.05, 0) is 82.9 Å². The van der Waals surface area contributed by atoms with Gasteiger partial charge in [0.1, 0.15) is 0 Å². The summed E-state index contributed by atoms with van der Waals surface area (Å²) in [7, 11) is 0. The van der Waals surface area contributed by atoms with Crippen molar-refractivity contribution in [2.24, 2.45) is 0 Å². The largest absolute Gasteiger partial charge is 0.309 e. The highest BCUT2D eigenvalue weighted by atomic mass is 15.1. The Hall–Kier alpha value is -8.41. The highest BCUT2D eigenvalue weighted by Gasteiger charge is 2.21. The van der Waals surface area contributed by atoms with Crippen LogP contribution >= 0.6 is 0 Å². The van der Waals surface area contributed by atoms with Gasteiger partial charge in [0.2, 0.25) is 0 Å². The Morgan fingerprint density at radius 1 is 0.258 bits per heavy atom. The summed E-state index contributed by atoms with van der Waals surface area (Å²) in [5.41, 5.74) is 13.9. The molecule has 0 saturated carbocycles. The summed E-state index contributed by atoms with van der Waals surface area (Å²) in [5.74, 6) is 1.82. The lowest BCUT2D eigenvalue weighted by Crippen LogP contribution is -2.02. The van der Waals surface area contributed by atoms with E-state index in [9.17, 15) is 0 Å². The van der Waals surface area contributed by atoms with Crippen molar-refractivity contribution >= 4 is 43.6 Å². The quantitative estimate of drug-likeness (QED) is 0.162. The van der Waals surface area contributed by atoms with E-state index < -0.39 is 0 Å². The van der Waals surface area contributed by atoms with E-state index in [0.717, 1.165) is 66.6 Å². The minimum Gasteiger partial charge on any atom is -0.309 e. The van der Waals surface area contributed by atoms with Gasteiger partial charge in [0.15, 0.2) is 17.5 Å². The number of hydrogen-bond acceptors (Lipinski definition) is 3. The van der Waals surface area contributed by atoms with Crippen LogP contribution in [0.25, 0.3) is 111 Å². The monoisotopic (exact) mass is 791 g/mol. The molecule has 0 aliphatic heterocycles. The molecule has 0 spiro atoms. The fourth-order valence-electron chi connectivity index (χ4n) is 9.11. The molecule has 12 aromatic rings. The third kappa shape index (κ3) is 5.98. The van der Waals surface area contributed by atoms with Crippen LogP contribution in [-0.4, -0.2) is 24.1 Å². The molecular weight excluding hydrogens is 755 g/mol. The lowest BCUT2D eigenvalue weighted by molar-refractivity contribution is 1.07. The van der Waals surface area contributed by atoms with Gasteiger partial charge in [-0.1, -0.05) is 164 Å². The summed E-state index contributed by atoms with van der Waals surface area (Å²) in [6, 6.07) is 79.2. The fraction of sp³-hybridized carbons (Fsp3) is 0. The molecule has 0 radical (unpaired) electrons. The molecule has 0 atom stereocenters. The zero-order valence-corrected chi connectivity index (χ0v) is 33.6. The second-order valence-electron chi connectivity index (χ2n) is 15.6. The number of nitrogens with zero attached hydrogens (tertiary/aromatic N) is 5. The summed E-state index contributed by atoms with van der Waals surface area (Å²) in [6.07, 6.45) is 0. The summed E-state index contributed by atoms with van der Waals surface area (Å²) < 4.78 is 4.68. The van der Waals surface area contributed by atoms with E-state index in [4.69, 9.17) is 15.0 Å². The molecule has 0 amide bonds. The van der Waals surface area contributed by atoms with Gasteiger partial charge in [-0.15, -0.1) is 0 Å². The Balaban J connectivity index is 1.10. The summed E-state index contributed by atoms with van der Waals surface area (Å²) >= 11 is 0. The van der Waals surface area contributed by atoms with Crippen LogP contribution in [0.15, 0.2) is 224 Å². The predicted octanol–water partition coefficient (Wildman–Crippen LogP) is 14.4. The molecule has 62 heavy (non-hydrogen) atoms. The Morgan fingerprint density at radius 2 is 0.694 bits per heavy atom. The van der Waals surface area contributed by atoms with Gasteiger partial charge in [0.25, 0.3) is 0 Å². The predicted molar refractivity (Wildman–Crippen MR) is 256 cm³/mol. The third-order valence-corrected chi connectivity index (χ3v) is 12.0. The van der Waals surface area contributed by atoms with E-state index in [1.165, 1.54) is 27.3 Å². The van der Waals surface area contributed by atoms with Gasteiger partial charge in [-0.3, -0.25) is 0 Å². The molecule has 5 nitrogen and oxygen atoms in total. The number of hydrogen-bond donors (Lipinski definition) is 0. The number of fused-ring (bicyclic) bond motifs is 6. The lowest BCUT2D eigenvalue weighted by Gasteiger charge is -2.13. The van der Waals surface area contributed by atoms with Crippen LogP contribution in [0.4, 0.5) is 0 Å². The SMILES string of the molecule is c1ccc(-c2cccc(-c3cccc(-c4nc(-c5ccc6c7ccccc7n(-c7ccccc7)c6c5)nc(-c5cccc6c7ccccc7n(-c7ccccc7)c56)n4)c3)c2)cc1. The smallest absolute Gasteiger partial charge is 0.166 e. The van der Waals surface area contributed by atoms with Crippen molar-refractivity contribution in [3.8, 4) is 67.8 Å². The van der Waals surface area contributed by atoms with Crippen molar-refractivity contribution in [1.29, 1.82) is 0 Å². The third-order valence-electron chi connectivity index (χ3n) is 12.0. The molecule has 0 fully saturated rings. The molecule has 0 aliphatic rings. The average Bonchev–Trinajstić information content (AvgIpc) is 3.87. The molecule has 0 unspecified atom stereocenters. The topological polar surface area (TPSA) is 48.5 Å². The van der Waals surface area contributed by atoms with Gasteiger partial charge in [0, 0.05) is 49.6 Å². The second kappa shape index (κ2) is 14.7. The van der Waals surface area contributed by atoms with Crippen molar-refractivity contribution in [3.05, 3.63) is 224 Å². The van der Waals surface area contributed by atoms with E-state index in [1.54, 1.807) is 0 Å². The van der Waals surface area contributed by atoms with Crippen molar-refractivity contribution in [3.63, 3.8) is 0 Å². The molecular formula is C57H37N5. The van der Waals surface area contributed by atoms with Gasteiger partial charge in [0.05, 0.1) is 22.1 Å². The van der Waals surface area contributed by atoms with Gasteiger partial charge >= 0.3 is 0 Å². The van der Waals surface area contributed by atoms with Crippen LogP contribution in [0.5, 0.6) is 0 Å². The maximum atomic E-state index is 5.40. The average molecular weight is 792 g/mol. The normalized spacial score (nSPS) is 11.5. The molecule has 12 rings (SSSR count). The maximum Gasteiger partial charge on any atom is 0.166 e. The summed E-state index contributed by atoms with van der Waals surface area (Å²) in [6.45, 7) is 0. The van der Waals surface area contributed by atoms with Gasteiger partial charge < -0.3 is 9.13 Å². The summed E-state index contributed by atoms with van der Waals surface area (Å²) in [4.78, 5) is 16.1. The van der Waals surface area contributed by atoms with Crippen LogP contribution in [0.3, 0.4) is 0 Å². The van der Waals surface area contributed by atoms with Crippen LogP contribution in [0.2, 0.25) is 0 Å². The number of aromatic nitrogens is 5. The minimum atomic E-state index is 0.604. The fourth-order valence-corrected chi connectivity index (χ4v) is 9.11. The first-order valence-corrected chi connectivity index (χ1v) is 20.9. The molecule has 5 heteroatoms. The van der Waals surface area contributed by atoms with Crippen LogP contribution in [-0.2, 0) is 0 Å². The molecule has 3 heterocycles. The number of benzene rings is 9. The number of rotatable bonds is 7. The van der Waals surface area contributed by atoms with E-state index in [1.807, 2.05) is 0 Å². The van der Waals surface area contributed by atoms with E-state index in [0.29, 0.717) is 17.5 Å². The van der Waals surface area contributed by atoms with Crippen LogP contribution < -0.4 is 0 Å². The molecule has 9 aromatic carbocycles. The van der Waals surface area contributed by atoms with E-state index in [2.05, 4.69) is 234 Å². The molecule has 0 N–H and O–H groups in total. The first-order valence-electron chi connectivity index (χ1n) is 20.9.